The highest BCUT2D eigenvalue weighted by atomic mass is 16.4. The van der Waals surface area contributed by atoms with Crippen LogP contribution >= 0.6 is 0 Å². The number of aliphatic hydroxyl groups excluding tert-OH is 1. The number of benzene rings is 2. The fraction of sp³-hybridized carbons (Fsp3) is 0.375. The third kappa shape index (κ3) is 6.15. The summed E-state index contributed by atoms with van der Waals surface area (Å²) in [4.78, 5) is 35.9. The van der Waals surface area contributed by atoms with E-state index >= 15 is 0 Å². The van der Waals surface area contributed by atoms with Gasteiger partial charge in [0.1, 0.15) is 0 Å². The van der Waals surface area contributed by atoms with E-state index in [0.717, 1.165) is 17.7 Å². The Labute approximate surface area is 181 Å². The number of nitrogens with zero attached hydrogens (tertiary/aromatic N) is 1. The van der Waals surface area contributed by atoms with Crippen molar-refractivity contribution in [1.82, 2.24) is 5.32 Å². The molecule has 0 aromatic heterocycles. The van der Waals surface area contributed by atoms with Crippen molar-refractivity contribution in [1.29, 1.82) is 0 Å². The van der Waals surface area contributed by atoms with Crippen molar-refractivity contribution in [3.05, 3.63) is 65.2 Å². The number of carbonyl (C=O) groups excluding carboxylic acids is 2. The molecule has 1 aliphatic rings. The first-order valence-electron chi connectivity index (χ1n) is 10.6. The van der Waals surface area contributed by atoms with Crippen molar-refractivity contribution in [3.8, 4) is 0 Å². The van der Waals surface area contributed by atoms with Crippen LogP contribution in [0.1, 0.15) is 59.5 Å². The van der Waals surface area contributed by atoms with Gasteiger partial charge in [-0.3, -0.25) is 9.59 Å². The zero-order chi connectivity index (χ0) is 22.2. The summed E-state index contributed by atoms with van der Waals surface area (Å²) in [6.45, 7) is -0.00239. The largest absolute Gasteiger partial charge is 0.479 e. The average molecular weight is 424 g/mol. The van der Waals surface area contributed by atoms with E-state index in [1.165, 1.54) is 37.7 Å². The van der Waals surface area contributed by atoms with Crippen LogP contribution in [0.3, 0.4) is 0 Å². The van der Waals surface area contributed by atoms with E-state index in [2.05, 4.69) is 17.4 Å². The van der Waals surface area contributed by atoms with Crippen molar-refractivity contribution in [3.63, 3.8) is 0 Å². The smallest absolute Gasteiger partial charge is 0.334 e. The molecule has 7 heteroatoms. The molecule has 0 bridgehead atoms. The van der Waals surface area contributed by atoms with E-state index in [-0.39, 0.29) is 6.54 Å². The Kier molecular flexibility index (Phi) is 7.78. The van der Waals surface area contributed by atoms with Gasteiger partial charge in [0, 0.05) is 11.3 Å². The molecule has 1 fully saturated rings. The number of carboxylic acids is 1. The quantitative estimate of drug-likeness (QED) is 0.537. The molecule has 3 rings (SSSR count). The predicted molar refractivity (Wildman–Crippen MR) is 117 cm³/mol. The molecule has 0 spiro atoms. The maximum absolute atomic E-state index is 12.1. The van der Waals surface area contributed by atoms with Crippen molar-refractivity contribution in [2.75, 3.05) is 11.4 Å². The number of aliphatic hydroxyl groups is 1. The Morgan fingerprint density at radius 1 is 1.03 bits per heavy atom. The summed E-state index contributed by atoms with van der Waals surface area (Å²) >= 11 is 0. The highest BCUT2D eigenvalue weighted by molar-refractivity contribution is 5.94. The molecule has 164 valence electrons. The molecule has 1 unspecified atom stereocenters. The van der Waals surface area contributed by atoms with Crippen LogP contribution in [-0.2, 0) is 16.1 Å². The topological polar surface area (TPSA) is 107 Å². The second kappa shape index (κ2) is 10.7. The molecule has 0 saturated heterocycles. The number of aliphatic carboxylic acids is 1. The van der Waals surface area contributed by atoms with E-state index in [4.69, 9.17) is 5.11 Å². The van der Waals surface area contributed by atoms with E-state index in [0.29, 0.717) is 18.0 Å². The number of amides is 2. The highest BCUT2D eigenvalue weighted by Gasteiger charge is 2.17. The molecule has 7 nitrogen and oxygen atoms in total. The summed E-state index contributed by atoms with van der Waals surface area (Å²) in [5, 5.41) is 20.3. The van der Waals surface area contributed by atoms with E-state index in [1.807, 2.05) is 12.1 Å². The standard InChI is InChI=1S/C24H28N2O5/c27-16-26(21-12-10-19(11-13-21)18-4-2-1-3-5-18)15-17-6-8-20(9-7-17)23(29)25-14-22(28)24(30)31/h6-13,16,18,22,28H,1-5,14-15H2,(H,25,29)(H,30,31). The van der Waals surface area contributed by atoms with Gasteiger partial charge in [-0.2, -0.15) is 0 Å². The number of nitrogens with one attached hydrogen (secondary N) is 1. The first-order valence-corrected chi connectivity index (χ1v) is 10.6. The van der Waals surface area contributed by atoms with Crippen LogP contribution in [0, 0.1) is 0 Å². The molecule has 1 atom stereocenters. The van der Waals surface area contributed by atoms with Crippen LogP contribution in [-0.4, -0.2) is 41.1 Å². The number of rotatable bonds is 9. The maximum Gasteiger partial charge on any atom is 0.334 e. The lowest BCUT2D eigenvalue weighted by Crippen LogP contribution is -2.36. The molecule has 2 amide bonds. The first-order chi connectivity index (χ1) is 15.0. The predicted octanol–water partition coefficient (Wildman–Crippen LogP) is 3.07. The average Bonchev–Trinajstić information content (AvgIpc) is 2.81. The monoisotopic (exact) mass is 424 g/mol. The number of hydrogen-bond acceptors (Lipinski definition) is 4. The SMILES string of the molecule is O=CN(Cc1ccc(C(=O)NCC(O)C(=O)O)cc1)c1ccc(C2CCCCC2)cc1. The van der Waals surface area contributed by atoms with Gasteiger partial charge in [-0.25, -0.2) is 4.79 Å². The summed E-state index contributed by atoms with van der Waals surface area (Å²) in [6.07, 6.45) is 5.48. The van der Waals surface area contributed by atoms with Gasteiger partial charge in [0.25, 0.3) is 5.91 Å². The fourth-order valence-corrected chi connectivity index (χ4v) is 3.90. The summed E-state index contributed by atoms with van der Waals surface area (Å²) in [7, 11) is 0. The van der Waals surface area contributed by atoms with Gasteiger partial charge in [-0.05, 0) is 54.2 Å². The van der Waals surface area contributed by atoms with Crippen LogP contribution in [0.25, 0.3) is 0 Å². The molecule has 0 heterocycles. The lowest BCUT2D eigenvalue weighted by molar-refractivity contribution is -0.146. The van der Waals surface area contributed by atoms with Gasteiger partial charge in [-0.15, -0.1) is 0 Å². The van der Waals surface area contributed by atoms with E-state index in [1.54, 1.807) is 29.2 Å². The molecule has 0 radical (unpaired) electrons. The lowest BCUT2D eigenvalue weighted by Gasteiger charge is -2.23. The Bertz CT molecular complexity index is 889. The van der Waals surface area contributed by atoms with Crippen LogP contribution in [0.4, 0.5) is 5.69 Å². The third-order valence-corrected chi connectivity index (χ3v) is 5.74. The lowest BCUT2D eigenvalue weighted by atomic mass is 9.84. The molecule has 2 aromatic carbocycles. The van der Waals surface area contributed by atoms with Gasteiger partial charge in [-0.1, -0.05) is 43.5 Å². The molecule has 3 N–H and O–H groups in total. The van der Waals surface area contributed by atoms with Crippen molar-refractivity contribution >= 4 is 24.0 Å². The highest BCUT2D eigenvalue weighted by Crippen LogP contribution is 2.33. The Balaban J connectivity index is 1.59. The Hall–Kier alpha value is -3.19. The van der Waals surface area contributed by atoms with E-state index in [9.17, 15) is 19.5 Å². The normalized spacial score (nSPS) is 15.1. The van der Waals surface area contributed by atoms with Gasteiger partial charge < -0.3 is 20.4 Å². The summed E-state index contributed by atoms with van der Waals surface area (Å²) in [5.41, 5.74) is 3.35. The minimum absolute atomic E-state index is 0.343. The minimum Gasteiger partial charge on any atom is -0.479 e. The molecule has 0 aliphatic heterocycles. The van der Waals surface area contributed by atoms with Crippen molar-refractivity contribution < 1.29 is 24.6 Å². The molecule has 31 heavy (non-hydrogen) atoms. The fourth-order valence-electron chi connectivity index (χ4n) is 3.90. The van der Waals surface area contributed by atoms with Crippen molar-refractivity contribution in [2.45, 2.75) is 50.7 Å². The van der Waals surface area contributed by atoms with Crippen LogP contribution in [0.2, 0.25) is 0 Å². The maximum atomic E-state index is 12.1. The molecular formula is C24H28N2O5. The van der Waals surface area contributed by atoms with Crippen LogP contribution < -0.4 is 10.2 Å². The number of hydrogen-bond donors (Lipinski definition) is 3. The van der Waals surface area contributed by atoms with Gasteiger partial charge >= 0.3 is 5.97 Å². The Morgan fingerprint density at radius 2 is 1.68 bits per heavy atom. The zero-order valence-electron chi connectivity index (χ0n) is 17.4. The number of carbonyl (C=O) groups is 3. The van der Waals surface area contributed by atoms with E-state index < -0.39 is 18.0 Å². The zero-order valence-corrected chi connectivity index (χ0v) is 17.4. The van der Waals surface area contributed by atoms with Crippen molar-refractivity contribution in [2.24, 2.45) is 0 Å². The summed E-state index contributed by atoms with van der Waals surface area (Å²) < 4.78 is 0. The molecule has 1 saturated carbocycles. The molecule has 1 aliphatic carbocycles. The summed E-state index contributed by atoms with van der Waals surface area (Å²) in [6, 6.07) is 14.9. The second-order valence-electron chi connectivity index (χ2n) is 7.92. The van der Waals surface area contributed by atoms with Gasteiger partial charge in [0.05, 0.1) is 13.1 Å². The first kappa shape index (κ1) is 22.5. The summed E-state index contributed by atoms with van der Waals surface area (Å²) in [5.74, 6) is -1.25. The number of carboxylic acid groups (broad SMARTS) is 1. The second-order valence-corrected chi connectivity index (χ2v) is 7.92. The third-order valence-electron chi connectivity index (χ3n) is 5.74. The minimum atomic E-state index is -1.64. The number of anilines is 1. The van der Waals surface area contributed by atoms with Gasteiger partial charge in [0.2, 0.25) is 6.41 Å². The van der Waals surface area contributed by atoms with Crippen LogP contribution in [0.15, 0.2) is 48.5 Å². The Morgan fingerprint density at radius 3 is 2.26 bits per heavy atom. The van der Waals surface area contributed by atoms with Crippen LogP contribution in [0.5, 0.6) is 0 Å². The van der Waals surface area contributed by atoms with Gasteiger partial charge in [0.15, 0.2) is 6.10 Å². The molecular weight excluding hydrogens is 396 g/mol. The molecule has 2 aromatic rings.